The quantitative estimate of drug-likeness (QED) is 0.762. The van der Waals surface area contributed by atoms with Crippen molar-refractivity contribution < 1.29 is 9.90 Å². The molecule has 2 aliphatic rings. The molecule has 1 saturated carbocycles. The van der Waals surface area contributed by atoms with Gasteiger partial charge in [-0.3, -0.25) is 9.78 Å². The number of aromatic nitrogens is 3. The monoisotopic (exact) mass is 370 g/mol. The van der Waals surface area contributed by atoms with Crippen molar-refractivity contribution in [3.05, 3.63) is 52.2 Å². The van der Waals surface area contributed by atoms with E-state index in [1.807, 2.05) is 35.2 Å². The van der Waals surface area contributed by atoms with Gasteiger partial charge in [-0.2, -0.15) is 5.10 Å². The minimum Gasteiger partial charge on any atom is -0.385 e. The molecule has 2 heterocycles. The number of nitrogens with zero attached hydrogens (tertiary/aromatic N) is 2. The first-order valence-corrected chi connectivity index (χ1v) is 9.79. The first-order valence-electron chi connectivity index (χ1n) is 9.79. The smallest absolute Gasteiger partial charge is 0.340 e. The van der Waals surface area contributed by atoms with Crippen LogP contribution >= 0.6 is 0 Å². The Hall–Kier alpha value is -2.41. The van der Waals surface area contributed by atoms with Crippen molar-refractivity contribution in [2.45, 2.75) is 56.6 Å². The van der Waals surface area contributed by atoms with Crippen LogP contribution < -0.4 is 5.69 Å². The Morgan fingerprint density at radius 2 is 2.04 bits per heavy atom. The summed E-state index contributed by atoms with van der Waals surface area (Å²) in [6, 6.07) is 9.96. The van der Waals surface area contributed by atoms with Crippen LogP contribution in [0.4, 0.5) is 0 Å². The second-order valence-corrected chi connectivity index (χ2v) is 7.71. The number of fused-ring (bicyclic) bond motifs is 1. The van der Waals surface area contributed by atoms with Crippen LogP contribution in [0.5, 0.6) is 0 Å². The molecular formula is C20H26N4O3. The van der Waals surface area contributed by atoms with Crippen LogP contribution in [0.3, 0.4) is 0 Å². The van der Waals surface area contributed by atoms with E-state index in [-0.39, 0.29) is 23.6 Å². The highest BCUT2D eigenvalue weighted by atomic mass is 16.3. The zero-order chi connectivity index (χ0) is 18.9. The molecule has 2 fully saturated rings. The van der Waals surface area contributed by atoms with E-state index < -0.39 is 5.60 Å². The number of amides is 1. The summed E-state index contributed by atoms with van der Waals surface area (Å²) in [6.45, 7) is 0.558. The summed E-state index contributed by atoms with van der Waals surface area (Å²) >= 11 is 0. The molecule has 7 nitrogen and oxygen atoms in total. The van der Waals surface area contributed by atoms with Crippen molar-refractivity contribution in [1.29, 1.82) is 0 Å². The first-order chi connectivity index (χ1) is 13.1. The van der Waals surface area contributed by atoms with Gasteiger partial charge < -0.3 is 10.0 Å². The van der Waals surface area contributed by atoms with E-state index in [0.717, 1.165) is 31.2 Å². The lowest BCUT2D eigenvalue weighted by molar-refractivity contribution is -0.154. The van der Waals surface area contributed by atoms with Crippen molar-refractivity contribution in [2.24, 2.45) is 5.92 Å². The Bertz CT molecular complexity index is 846. The molecule has 3 N–H and O–H groups in total. The molecule has 0 radical (unpaired) electrons. The SMILES string of the molecule is O=C(CCc1n[nH]c(=O)[nH]1)N1CC[C@@](O)(c2ccccc2)[C@H]2CCCC[C@H]21. The van der Waals surface area contributed by atoms with Crippen LogP contribution in [0.15, 0.2) is 35.1 Å². The third-order valence-electron chi connectivity index (χ3n) is 6.20. The van der Waals surface area contributed by atoms with Gasteiger partial charge in [0.2, 0.25) is 5.91 Å². The lowest BCUT2D eigenvalue weighted by Crippen LogP contribution is -2.59. The fourth-order valence-electron chi connectivity index (χ4n) is 4.87. The Balaban J connectivity index is 1.51. The molecule has 1 amide bonds. The number of rotatable bonds is 4. The summed E-state index contributed by atoms with van der Waals surface area (Å²) in [7, 11) is 0. The Morgan fingerprint density at radius 3 is 2.78 bits per heavy atom. The minimum atomic E-state index is -0.865. The normalized spacial score (nSPS) is 28.0. The van der Waals surface area contributed by atoms with Crippen LogP contribution in [0.1, 0.15) is 49.9 Å². The number of aliphatic hydroxyl groups is 1. The number of aryl methyl sites for hydroxylation is 1. The number of piperidine rings is 1. The Kier molecular flexibility index (Phi) is 4.86. The van der Waals surface area contributed by atoms with Crippen molar-refractivity contribution in [2.75, 3.05) is 6.54 Å². The Labute approximate surface area is 157 Å². The molecule has 1 aliphatic heterocycles. The van der Waals surface area contributed by atoms with Crippen LogP contribution in [0.2, 0.25) is 0 Å². The van der Waals surface area contributed by atoms with E-state index in [2.05, 4.69) is 15.2 Å². The Morgan fingerprint density at radius 1 is 1.26 bits per heavy atom. The number of hydrogen-bond donors (Lipinski definition) is 3. The maximum absolute atomic E-state index is 12.9. The van der Waals surface area contributed by atoms with Gasteiger partial charge in [-0.25, -0.2) is 9.89 Å². The molecule has 1 saturated heterocycles. The zero-order valence-electron chi connectivity index (χ0n) is 15.4. The number of nitrogens with one attached hydrogen (secondary N) is 2. The third kappa shape index (κ3) is 3.43. The highest BCUT2D eigenvalue weighted by Gasteiger charge is 2.50. The van der Waals surface area contributed by atoms with Crippen molar-refractivity contribution in [3.63, 3.8) is 0 Å². The predicted molar refractivity (Wildman–Crippen MR) is 99.9 cm³/mol. The molecule has 3 atom stereocenters. The average molecular weight is 370 g/mol. The number of likely N-dealkylation sites (tertiary alicyclic amines) is 1. The van der Waals surface area contributed by atoms with E-state index in [4.69, 9.17) is 0 Å². The molecule has 27 heavy (non-hydrogen) atoms. The fourth-order valence-corrected chi connectivity index (χ4v) is 4.87. The number of benzene rings is 1. The maximum Gasteiger partial charge on any atom is 0.340 e. The predicted octanol–water partition coefficient (Wildman–Crippen LogP) is 1.71. The number of carbonyl (C=O) groups excluding carboxylic acids is 1. The fraction of sp³-hybridized carbons (Fsp3) is 0.550. The maximum atomic E-state index is 12.9. The van der Waals surface area contributed by atoms with Crippen molar-refractivity contribution >= 4 is 5.91 Å². The van der Waals surface area contributed by atoms with Crippen LogP contribution in [-0.4, -0.2) is 43.7 Å². The molecule has 0 unspecified atom stereocenters. The highest BCUT2D eigenvalue weighted by Crippen LogP contribution is 2.47. The molecule has 0 spiro atoms. The van der Waals surface area contributed by atoms with E-state index >= 15 is 0 Å². The van der Waals surface area contributed by atoms with Gasteiger partial charge in [-0.15, -0.1) is 0 Å². The summed E-state index contributed by atoms with van der Waals surface area (Å²) in [4.78, 5) is 28.6. The van der Waals surface area contributed by atoms with Crippen LogP contribution in [-0.2, 0) is 16.8 Å². The van der Waals surface area contributed by atoms with Gasteiger partial charge in [0.15, 0.2) is 0 Å². The molecule has 7 heteroatoms. The van der Waals surface area contributed by atoms with Crippen molar-refractivity contribution in [1.82, 2.24) is 20.1 Å². The van der Waals surface area contributed by atoms with Gasteiger partial charge in [0.25, 0.3) is 0 Å². The van der Waals surface area contributed by atoms with E-state index in [1.54, 1.807) is 0 Å². The third-order valence-corrected chi connectivity index (χ3v) is 6.20. The van der Waals surface area contributed by atoms with E-state index in [0.29, 0.717) is 31.6 Å². The number of aromatic amines is 2. The molecule has 4 rings (SSSR count). The van der Waals surface area contributed by atoms with Gasteiger partial charge in [0.05, 0.1) is 5.60 Å². The average Bonchev–Trinajstić information content (AvgIpc) is 3.12. The minimum absolute atomic E-state index is 0.0662. The molecule has 1 aliphatic carbocycles. The van der Waals surface area contributed by atoms with Gasteiger partial charge in [-0.1, -0.05) is 43.2 Å². The highest BCUT2D eigenvalue weighted by molar-refractivity contribution is 5.77. The lowest BCUT2D eigenvalue weighted by Gasteiger charge is -2.52. The number of carbonyl (C=O) groups is 1. The zero-order valence-corrected chi connectivity index (χ0v) is 15.4. The second-order valence-electron chi connectivity index (χ2n) is 7.71. The summed E-state index contributed by atoms with van der Waals surface area (Å²) < 4.78 is 0. The second kappa shape index (κ2) is 7.31. The topological polar surface area (TPSA) is 102 Å². The standard InChI is InChI=1S/C20H26N4O3/c25-18(11-10-17-21-19(26)23-22-17)24-13-12-20(27,14-6-2-1-3-7-14)15-8-4-5-9-16(15)24/h1-3,6-7,15-16,27H,4-5,8-13H2,(H2,21,22,23,26)/t15-,16+,20+/m0/s1. The molecule has 0 bridgehead atoms. The van der Waals surface area contributed by atoms with Crippen molar-refractivity contribution in [3.8, 4) is 0 Å². The van der Waals surface area contributed by atoms with E-state index in [9.17, 15) is 14.7 Å². The molecule has 1 aromatic heterocycles. The van der Waals surface area contributed by atoms with Gasteiger partial charge >= 0.3 is 5.69 Å². The molecular weight excluding hydrogens is 344 g/mol. The summed E-state index contributed by atoms with van der Waals surface area (Å²) in [6.07, 6.45) is 5.33. The first kappa shape index (κ1) is 18.0. The summed E-state index contributed by atoms with van der Waals surface area (Å²) in [5.41, 5.74) is -0.255. The molecule has 1 aromatic carbocycles. The molecule has 2 aromatic rings. The number of hydrogen-bond acceptors (Lipinski definition) is 4. The molecule has 144 valence electrons. The lowest BCUT2D eigenvalue weighted by atomic mass is 9.66. The largest absolute Gasteiger partial charge is 0.385 e. The summed E-state index contributed by atoms with van der Waals surface area (Å²) in [5, 5.41) is 17.8. The van der Waals surface area contributed by atoms with Gasteiger partial charge in [-0.05, 0) is 24.8 Å². The van der Waals surface area contributed by atoms with E-state index in [1.165, 1.54) is 0 Å². The number of H-pyrrole nitrogens is 2. The van der Waals surface area contributed by atoms with Crippen LogP contribution in [0.25, 0.3) is 0 Å². The van der Waals surface area contributed by atoms with Gasteiger partial charge in [0.1, 0.15) is 5.82 Å². The summed E-state index contributed by atoms with van der Waals surface area (Å²) in [5.74, 6) is 0.647. The van der Waals surface area contributed by atoms with Gasteiger partial charge in [0, 0.05) is 31.3 Å². The van der Waals surface area contributed by atoms with Crippen LogP contribution in [0, 0.1) is 5.92 Å².